The van der Waals surface area contributed by atoms with Crippen LogP contribution >= 0.6 is 11.8 Å². The molecule has 3 heterocycles. The van der Waals surface area contributed by atoms with E-state index < -0.39 is 53.7 Å². The lowest BCUT2D eigenvalue weighted by Gasteiger charge is -2.22. The first-order chi connectivity index (χ1) is 20.4. The van der Waals surface area contributed by atoms with Crippen LogP contribution in [-0.2, 0) is 36.1 Å². The van der Waals surface area contributed by atoms with Crippen molar-refractivity contribution >= 4 is 23.6 Å². The van der Waals surface area contributed by atoms with Gasteiger partial charge in [-0.05, 0) is 60.1 Å². The van der Waals surface area contributed by atoms with Gasteiger partial charge in [0.25, 0.3) is 5.91 Å². The summed E-state index contributed by atoms with van der Waals surface area (Å²) in [6.45, 7) is -0.554. The van der Waals surface area contributed by atoms with E-state index in [9.17, 15) is 35.9 Å². The highest BCUT2D eigenvalue weighted by molar-refractivity contribution is 7.98. The minimum atomic E-state index is -4.70. The van der Waals surface area contributed by atoms with Gasteiger partial charge in [0.2, 0.25) is 5.91 Å². The summed E-state index contributed by atoms with van der Waals surface area (Å²) in [7, 11) is 0. The van der Waals surface area contributed by atoms with Crippen LogP contribution in [0.25, 0.3) is 11.1 Å². The molecule has 0 saturated heterocycles. The maximum Gasteiger partial charge on any atom is 0.435 e. The van der Waals surface area contributed by atoms with Crippen LogP contribution in [0.2, 0.25) is 0 Å². The molecule has 1 aliphatic rings. The topological polar surface area (TPSA) is 103 Å². The molecule has 4 aromatic rings. The van der Waals surface area contributed by atoms with Crippen molar-refractivity contribution in [2.24, 2.45) is 5.73 Å². The zero-order valence-electron chi connectivity index (χ0n) is 22.2. The summed E-state index contributed by atoms with van der Waals surface area (Å²) in [4.78, 5) is 29.5. The van der Waals surface area contributed by atoms with Crippen LogP contribution in [0.5, 0.6) is 0 Å². The molecule has 43 heavy (non-hydrogen) atoms. The molecule has 224 valence electrons. The maximum absolute atomic E-state index is 14.2. The minimum absolute atomic E-state index is 0.0388. The van der Waals surface area contributed by atoms with Crippen LogP contribution in [0, 0.1) is 17.5 Å². The van der Waals surface area contributed by atoms with Crippen molar-refractivity contribution < 1.29 is 35.9 Å². The number of alkyl halides is 3. The van der Waals surface area contributed by atoms with Crippen molar-refractivity contribution in [2.75, 3.05) is 5.75 Å². The Hall–Kier alpha value is -4.33. The van der Waals surface area contributed by atoms with Crippen molar-refractivity contribution in [1.29, 1.82) is 0 Å². The maximum atomic E-state index is 14.2. The number of benzene rings is 2. The molecule has 0 spiro atoms. The number of halogens is 6. The Morgan fingerprint density at radius 2 is 1.81 bits per heavy atom. The van der Waals surface area contributed by atoms with Gasteiger partial charge in [-0.3, -0.25) is 19.3 Å². The van der Waals surface area contributed by atoms with Crippen molar-refractivity contribution in [3.8, 4) is 11.1 Å². The van der Waals surface area contributed by atoms with Gasteiger partial charge < -0.3 is 11.1 Å². The minimum Gasteiger partial charge on any atom is -0.366 e. The number of hydrogen-bond acceptors (Lipinski definition) is 5. The first-order valence-electron chi connectivity index (χ1n) is 12.9. The highest BCUT2D eigenvalue weighted by atomic mass is 32.2. The van der Waals surface area contributed by atoms with Crippen LogP contribution < -0.4 is 11.1 Å². The molecule has 2 aromatic carbocycles. The molecule has 1 atom stereocenters. The number of primary amides is 1. The number of aromatic nitrogens is 3. The number of carbonyl (C=O) groups is 2. The number of amides is 2. The zero-order valence-corrected chi connectivity index (χ0v) is 23.0. The second-order valence-electron chi connectivity index (χ2n) is 9.83. The largest absolute Gasteiger partial charge is 0.435 e. The standard InChI is InChI=1S/C29H23F6N5O2S/c30-17-8-15(9-18(31)12-17)10-23(26-19(2-1-6-37-26)16-3-4-22(32)20(11-16)28(36)42)38-25(41)13-40-24-5-7-43-14-21(24)27(39-40)29(33,34)35/h1-4,6,8-9,11-12,23H,5,7,10,13-14H2,(H2,36,42)(H,38,41). The second kappa shape index (κ2) is 12.1. The summed E-state index contributed by atoms with van der Waals surface area (Å²) < 4.78 is 84.4. The number of nitrogens with zero attached hydrogens (tertiary/aromatic N) is 3. The molecule has 0 aliphatic carbocycles. The van der Waals surface area contributed by atoms with Crippen molar-refractivity contribution in [2.45, 2.75) is 37.4 Å². The average molecular weight is 620 g/mol. The van der Waals surface area contributed by atoms with E-state index in [2.05, 4.69) is 15.4 Å². The Balaban J connectivity index is 1.52. The van der Waals surface area contributed by atoms with E-state index in [0.29, 0.717) is 35.1 Å². The Kier molecular flexibility index (Phi) is 8.49. The summed E-state index contributed by atoms with van der Waals surface area (Å²) in [5, 5.41) is 6.44. The lowest BCUT2D eigenvalue weighted by Crippen LogP contribution is -2.34. The second-order valence-corrected chi connectivity index (χ2v) is 10.9. The molecular formula is C29H23F6N5O2S. The summed E-state index contributed by atoms with van der Waals surface area (Å²) >= 11 is 1.34. The van der Waals surface area contributed by atoms with E-state index in [0.717, 1.165) is 22.9 Å². The van der Waals surface area contributed by atoms with Gasteiger partial charge in [-0.1, -0.05) is 12.1 Å². The fraction of sp³-hybridized carbons (Fsp3) is 0.241. The Morgan fingerprint density at radius 1 is 1.07 bits per heavy atom. The fourth-order valence-corrected chi connectivity index (χ4v) is 6.03. The van der Waals surface area contributed by atoms with Crippen molar-refractivity contribution in [3.05, 3.63) is 106 Å². The van der Waals surface area contributed by atoms with Gasteiger partial charge in [-0.25, -0.2) is 13.2 Å². The van der Waals surface area contributed by atoms with Gasteiger partial charge in [0, 0.05) is 34.8 Å². The molecule has 0 fully saturated rings. The average Bonchev–Trinajstić information content (AvgIpc) is 3.31. The third-order valence-electron chi connectivity index (χ3n) is 6.87. The van der Waals surface area contributed by atoms with Crippen molar-refractivity contribution in [3.63, 3.8) is 0 Å². The predicted molar refractivity (Wildman–Crippen MR) is 146 cm³/mol. The Morgan fingerprint density at radius 3 is 2.51 bits per heavy atom. The monoisotopic (exact) mass is 619 g/mol. The van der Waals surface area contributed by atoms with E-state index >= 15 is 0 Å². The molecule has 0 saturated carbocycles. The van der Waals surface area contributed by atoms with Crippen LogP contribution in [0.1, 0.15) is 44.6 Å². The summed E-state index contributed by atoms with van der Waals surface area (Å²) in [5.41, 5.74) is 5.24. The number of fused-ring (bicyclic) bond motifs is 1. The third-order valence-corrected chi connectivity index (χ3v) is 7.85. The molecule has 1 aliphatic heterocycles. The van der Waals surface area contributed by atoms with Gasteiger partial charge in [-0.2, -0.15) is 30.0 Å². The van der Waals surface area contributed by atoms with Crippen LogP contribution in [-0.4, -0.2) is 32.3 Å². The van der Waals surface area contributed by atoms with Crippen molar-refractivity contribution in [1.82, 2.24) is 20.1 Å². The number of carbonyl (C=O) groups excluding carboxylic acids is 2. The molecule has 0 radical (unpaired) electrons. The molecule has 14 heteroatoms. The molecule has 3 N–H and O–H groups in total. The lowest BCUT2D eigenvalue weighted by molar-refractivity contribution is -0.142. The molecular weight excluding hydrogens is 596 g/mol. The predicted octanol–water partition coefficient (Wildman–Crippen LogP) is 5.37. The highest BCUT2D eigenvalue weighted by Gasteiger charge is 2.40. The first-order valence-corrected chi connectivity index (χ1v) is 14.1. The summed E-state index contributed by atoms with van der Waals surface area (Å²) in [6.07, 6.45) is -3.18. The van der Waals surface area contributed by atoms with Crippen LogP contribution in [0.4, 0.5) is 26.3 Å². The first kappa shape index (κ1) is 30.1. The van der Waals surface area contributed by atoms with Gasteiger partial charge in [0.1, 0.15) is 24.0 Å². The summed E-state index contributed by atoms with van der Waals surface area (Å²) in [6, 6.07) is 8.54. The fourth-order valence-electron chi connectivity index (χ4n) is 5.04. The quantitative estimate of drug-likeness (QED) is 0.258. The van der Waals surface area contributed by atoms with Crippen LogP contribution in [0.15, 0.2) is 54.7 Å². The van der Waals surface area contributed by atoms with Gasteiger partial charge in [-0.15, -0.1) is 0 Å². The normalized spacial score (nSPS) is 13.8. The smallest absolute Gasteiger partial charge is 0.366 e. The van der Waals surface area contributed by atoms with E-state index in [1.807, 2.05) is 0 Å². The Labute approximate surface area is 245 Å². The van der Waals surface area contributed by atoms with Gasteiger partial charge in [0.15, 0.2) is 5.69 Å². The highest BCUT2D eigenvalue weighted by Crippen LogP contribution is 2.37. The number of nitrogens with two attached hydrogens (primary N) is 1. The molecule has 1 unspecified atom stereocenters. The van der Waals surface area contributed by atoms with E-state index in [4.69, 9.17) is 5.73 Å². The number of hydrogen-bond donors (Lipinski definition) is 2. The third kappa shape index (κ3) is 6.69. The number of thioether (sulfide) groups is 1. The SMILES string of the molecule is NC(=O)c1cc(-c2cccnc2C(Cc2cc(F)cc(F)c2)NC(=O)Cn2nc(C(F)(F)F)c3c2CCSC3)ccc1F. The zero-order chi connectivity index (χ0) is 30.9. The molecule has 7 nitrogen and oxygen atoms in total. The van der Waals surface area contributed by atoms with E-state index in [1.54, 1.807) is 12.1 Å². The lowest BCUT2D eigenvalue weighted by atomic mass is 9.94. The molecule has 0 bridgehead atoms. The van der Waals surface area contributed by atoms with Gasteiger partial charge in [0.05, 0.1) is 17.3 Å². The van der Waals surface area contributed by atoms with Crippen LogP contribution in [0.3, 0.4) is 0 Å². The number of nitrogens with one attached hydrogen (secondary N) is 1. The van der Waals surface area contributed by atoms with E-state index in [1.165, 1.54) is 30.1 Å². The van der Waals surface area contributed by atoms with E-state index in [-0.39, 0.29) is 34.6 Å². The Bertz CT molecular complexity index is 1690. The molecule has 2 aromatic heterocycles. The molecule has 2 amide bonds. The van der Waals surface area contributed by atoms with Gasteiger partial charge >= 0.3 is 6.18 Å². The number of pyridine rings is 1. The number of rotatable bonds is 8. The molecule has 5 rings (SSSR count). The summed E-state index contributed by atoms with van der Waals surface area (Å²) in [5.74, 6) is -3.62.